The molecule has 0 aliphatic heterocycles. The number of rotatable bonds is 6. The second kappa shape index (κ2) is 7.73. The first kappa shape index (κ1) is 16.2. The second-order valence-corrected chi connectivity index (χ2v) is 5.67. The highest BCUT2D eigenvalue weighted by atomic mass is 16.5. The van der Waals surface area contributed by atoms with E-state index in [4.69, 9.17) is 15.3 Å². The zero-order valence-electron chi connectivity index (χ0n) is 13.1. The Morgan fingerprint density at radius 2 is 2.00 bits per heavy atom. The van der Waals surface area contributed by atoms with Crippen molar-refractivity contribution in [2.75, 3.05) is 13.7 Å². The van der Waals surface area contributed by atoms with Gasteiger partial charge in [-0.1, -0.05) is 25.7 Å². The van der Waals surface area contributed by atoms with Gasteiger partial charge in [0.1, 0.15) is 5.75 Å². The lowest BCUT2D eigenvalue weighted by molar-refractivity contribution is -0.0542. The molecule has 0 saturated heterocycles. The SMILES string of the molecule is CCOc1cncc(C(NN)C2(OC)CCCCCC2)c1. The molecule has 1 saturated carbocycles. The van der Waals surface area contributed by atoms with Crippen molar-refractivity contribution in [3.05, 3.63) is 24.0 Å². The average molecular weight is 293 g/mol. The summed E-state index contributed by atoms with van der Waals surface area (Å²) < 4.78 is 11.5. The maximum atomic E-state index is 5.95. The molecule has 1 atom stereocenters. The molecule has 0 aromatic carbocycles. The van der Waals surface area contributed by atoms with Crippen LogP contribution in [-0.2, 0) is 4.74 Å². The van der Waals surface area contributed by atoms with Crippen LogP contribution in [0, 0.1) is 0 Å². The Morgan fingerprint density at radius 3 is 2.57 bits per heavy atom. The van der Waals surface area contributed by atoms with Crippen molar-refractivity contribution in [2.45, 2.75) is 57.1 Å². The van der Waals surface area contributed by atoms with E-state index in [9.17, 15) is 0 Å². The third-order valence-electron chi connectivity index (χ3n) is 4.43. The van der Waals surface area contributed by atoms with Crippen molar-refractivity contribution < 1.29 is 9.47 Å². The molecule has 1 aromatic rings. The number of hydrogen-bond donors (Lipinski definition) is 2. The molecule has 1 fully saturated rings. The van der Waals surface area contributed by atoms with Gasteiger partial charge >= 0.3 is 0 Å². The molecule has 1 unspecified atom stereocenters. The number of aromatic nitrogens is 1. The highest BCUT2D eigenvalue weighted by Gasteiger charge is 2.40. The number of hydrazine groups is 1. The van der Waals surface area contributed by atoms with E-state index in [-0.39, 0.29) is 11.6 Å². The number of ether oxygens (including phenoxy) is 2. The van der Waals surface area contributed by atoms with Crippen molar-refractivity contribution >= 4 is 0 Å². The molecule has 21 heavy (non-hydrogen) atoms. The van der Waals surface area contributed by atoms with Crippen LogP contribution in [-0.4, -0.2) is 24.3 Å². The van der Waals surface area contributed by atoms with Gasteiger partial charge in [0.25, 0.3) is 0 Å². The summed E-state index contributed by atoms with van der Waals surface area (Å²) >= 11 is 0. The van der Waals surface area contributed by atoms with E-state index in [1.807, 2.05) is 19.2 Å². The number of hydrogen-bond acceptors (Lipinski definition) is 5. The fraction of sp³-hybridized carbons (Fsp3) is 0.688. The molecule has 1 aromatic heterocycles. The maximum Gasteiger partial charge on any atom is 0.137 e. The minimum atomic E-state index is -0.266. The van der Waals surface area contributed by atoms with Gasteiger partial charge in [0.05, 0.1) is 24.4 Å². The summed E-state index contributed by atoms with van der Waals surface area (Å²) in [6, 6.07) is 1.93. The summed E-state index contributed by atoms with van der Waals surface area (Å²) in [4.78, 5) is 4.28. The van der Waals surface area contributed by atoms with Crippen molar-refractivity contribution in [3.63, 3.8) is 0 Å². The van der Waals surface area contributed by atoms with Crippen molar-refractivity contribution in [1.29, 1.82) is 0 Å². The second-order valence-electron chi connectivity index (χ2n) is 5.67. The van der Waals surface area contributed by atoms with E-state index >= 15 is 0 Å². The number of nitrogens with zero attached hydrogens (tertiary/aromatic N) is 1. The third kappa shape index (κ3) is 3.73. The molecule has 1 aliphatic carbocycles. The smallest absolute Gasteiger partial charge is 0.137 e. The highest BCUT2D eigenvalue weighted by Crippen LogP contribution is 2.40. The van der Waals surface area contributed by atoms with Crippen LogP contribution in [0.25, 0.3) is 0 Å². The Morgan fingerprint density at radius 1 is 1.29 bits per heavy atom. The Balaban J connectivity index is 2.29. The normalized spacial score (nSPS) is 19.8. The Kier molecular flexibility index (Phi) is 5.96. The van der Waals surface area contributed by atoms with Crippen molar-refractivity contribution in [1.82, 2.24) is 10.4 Å². The summed E-state index contributed by atoms with van der Waals surface area (Å²) in [6.07, 6.45) is 10.5. The molecule has 3 N–H and O–H groups in total. The molecule has 1 aliphatic rings. The van der Waals surface area contributed by atoms with Gasteiger partial charge in [-0.25, -0.2) is 0 Å². The highest BCUT2D eigenvalue weighted by molar-refractivity contribution is 5.28. The molecule has 0 bridgehead atoms. The van der Waals surface area contributed by atoms with Gasteiger partial charge in [0.15, 0.2) is 0 Å². The van der Waals surface area contributed by atoms with E-state index in [0.29, 0.717) is 6.61 Å². The van der Waals surface area contributed by atoms with Crippen LogP contribution >= 0.6 is 0 Å². The van der Waals surface area contributed by atoms with Gasteiger partial charge in [-0.05, 0) is 31.4 Å². The van der Waals surface area contributed by atoms with Crippen LogP contribution in [0.3, 0.4) is 0 Å². The molecule has 5 nitrogen and oxygen atoms in total. The number of nitrogens with one attached hydrogen (secondary N) is 1. The molecular formula is C16H27N3O2. The zero-order chi connectivity index (χ0) is 15.1. The van der Waals surface area contributed by atoms with Crippen LogP contribution in [0.2, 0.25) is 0 Å². The predicted molar refractivity (Wildman–Crippen MR) is 82.9 cm³/mol. The summed E-state index contributed by atoms with van der Waals surface area (Å²) in [5.74, 6) is 6.65. The number of methoxy groups -OCH3 is 1. The number of pyridine rings is 1. The topological polar surface area (TPSA) is 69.4 Å². The quantitative estimate of drug-likeness (QED) is 0.479. The van der Waals surface area contributed by atoms with Crippen LogP contribution in [0.4, 0.5) is 0 Å². The molecule has 0 radical (unpaired) electrons. The largest absolute Gasteiger partial charge is 0.492 e. The van der Waals surface area contributed by atoms with E-state index < -0.39 is 0 Å². The summed E-state index contributed by atoms with van der Waals surface area (Å²) in [6.45, 7) is 2.59. The summed E-state index contributed by atoms with van der Waals surface area (Å²) in [5.41, 5.74) is 3.71. The Hall–Kier alpha value is -1.17. The van der Waals surface area contributed by atoms with Crippen LogP contribution in [0.1, 0.15) is 57.1 Å². The van der Waals surface area contributed by atoms with Crippen molar-refractivity contribution in [2.24, 2.45) is 5.84 Å². The molecule has 118 valence electrons. The van der Waals surface area contributed by atoms with Gasteiger partial charge in [0, 0.05) is 13.3 Å². The molecule has 0 spiro atoms. The van der Waals surface area contributed by atoms with E-state index in [1.165, 1.54) is 25.7 Å². The lowest BCUT2D eigenvalue weighted by atomic mass is 9.83. The summed E-state index contributed by atoms with van der Waals surface area (Å²) in [5, 5.41) is 0. The van der Waals surface area contributed by atoms with Crippen molar-refractivity contribution in [3.8, 4) is 5.75 Å². The predicted octanol–water partition coefficient (Wildman–Crippen LogP) is 2.72. The minimum Gasteiger partial charge on any atom is -0.492 e. The Bertz CT molecular complexity index is 431. The fourth-order valence-corrected chi connectivity index (χ4v) is 3.33. The first-order valence-electron chi connectivity index (χ1n) is 7.85. The molecule has 1 heterocycles. The van der Waals surface area contributed by atoms with Gasteiger partial charge < -0.3 is 9.47 Å². The van der Waals surface area contributed by atoms with Gasteiger partial charge in [-0.15, -0.1) is 0 Å². The Labute approximate surface area is 127 Å². The monoisotopic (exact) mass is 293 g/mol. The fourth-order valence-electron chi connectivity index (χ4n) is 3.33. The summed E-state index contributed by atoms with van der Waals surface area (Å²) in [7, 11) is 1.79. The van der Waals surface area contributed by atoms with E-state index in [1.54, 1.807) is 13.3 Å². The molecule has 0 amide bonds. The van der Waals surface area contributed by atoms with Crippen LogP contribution in [0.15, 0.2) is 18.5 Å². The maximum absolute atomic E-state index is 5.95. The van der Waals surface area contributed by atoms with Crippen LogP contribution < -0.4 is 16.0 Å². The van der Waals surface area contributed by atoms with Gasteiger partial charge in [-0.3, -0.25) is 16.3 Å². The van der Waals surface area contributed by atoms with E-state index in [2.05, 4.69) is 10.4 Å². The lowest BCUT2D eigenvalue weighted by Gasteiger charge is -2.39. The first-order chi connectivity index (χ1) is 10.3. The average Bonchev–Trinajstić information content (AvgIpc) is 2.75. The van der Waals surface area contributed by atoms with E-state index in [0.717, 1.165) is 24.2 Å². The molecule has 2 rings (SSSR count). The first-order valence-corrected chi connectivity index (χ1v) is 7.85. The molecular weight excluding hydrogens is 266 g/mol. The third-order valence-corrected chi connectivity index (χ3v) is 4.43. The van der Waals surface area contributed by atoms with Gasteiger partial charge in [-0.2, -0.15) is 0 Å². The number of nitrogens with two attached hydrogens (primary N) is 1. The zero-order valence-corrected chi connectivity index (χ0v) is 13.1. The van der Waals surface area contributed by atoms with Gasteiger partial charge in [0.2, 0.25) is 0 Å². The van der Waals surface area contributed by atoms with Crippen LogP contribution in [0.5, 0.6) is 5.75 Å². The molecule has 5 heteroatoms. The minimum absolute atomic E-state index is 0.0755. The standard InChI is InChI=1S/C16H27N3O2/c1-3-21-14-10-13(11-18-12-14)15(19-17)16(20-2)8-6-4-5-7-9-16/h10-12,15,19H,3-9,17H2,1-2H3. The lowest BCUT2D eigenvalue weighted by Crippen LogP contribution is -2.47.